The van der Waals surface area contributed by atoms with Crippen molar-refractivity contribution < 1.29 is 14.1 Å². The number of aryl methyl sites for hydroxylation is 1. The Morgan fingerprint density at radius 1 is 1.26 bits per heavy atom. The van der Waals surface area contributed by atoms with Crippen LogP contribution in [-0.4, -0.2) is 29.6 Å². The molecule has 1 fully saturated rings. The number of pyridine rings is 1. The van der Waals surface area contributed by atoms with Crippen molar-refractivity contribution in [1.29, 1.82) is 0 Å². The van der Waals surface area contributed by atoms with Crippen molar-refractivity contribution in [2.24, 2.45) is 0 Å². The van der Waals surface area contributed by atoms with Crippen LogP contribution in [0.1, 0.15) is 50.7 Å². The number of hydrogen-bond donors (Lipinski definition) is 0. The third kappa shape index (κ3) is 2.32. The molecule has 5 heteroatoms. The molecule has 0 N–H and O–H groups in total. The van der Waals surface area contributed by atoms with Crippen LogP contribution in [0.15, 0.2) is 12.3 Å². The third-order valence-corrected chi connectivity index (χ3v) is 4.09. The van der Waals surface area contributed by atoms with E-state index in [0.717, 1.165) is 23.7 Å². The number of carbonyl (C=O) groups excluding carboxylic acids is 1. The minimum Gasteiger partial charge on any atom is -0.399 e. The molecule has 0 radical (unpaired) electrons. The van der Waals surface area contributed by atoms with Gasteiger partial charge in [0.15, 0.2) is 6.29 Å². The highest BCUT2D eigenvalue weighted by molar-refractivity contribution is 6.63. The Labute approximate surface area is 114 Å². The lowest BCUT2D eigenvalue weighted by molar-refractivity contribution is 0.00578. The Hall–Kier alpha value is -1.20. The summed E-state index contributed by atoms with van der Waals surface area (Å²) in [5.74, 6) is 0. The van der Waals surface area contributed by atoms with E-state index in [4.69, 9.17) is 9.31 Å². The van der Waals surface area contributed by atoms with Crippen molar-refractivity contribution in [2.45, 2.75) is 52.2 Å². The lowest BCUT2D eigenvalue weighted by Crippen LogP contribution is -2.41. The highest BCUT2D eigenvalue weighted by Gasteiger charge is 2.52. The second-order valence-electron chi connectivity index (χ2n) is 5.83. The molecule has 0 amide bonds. The van der Waals surface area contributed by atoms with Crippen LogP contribution >= 0.6 is 0 Å². The summed E-state index contributed by atoms with van der Waals surface area (Å²) in [5, 5.41) is 0. The average molecular weight is 261 g/mol. The van der Waals surface area contributed by atoms with Gasteiger partial charge in [-0.2, -0.15) is 0 Å². The van der Waals surface area contributed by atoms with Gasteiger partial charge in [-0.1, -0.05) is 6.92 Å². The van der Waals surface area contributed by atoms with Gasteiger partial charge in [0.25, 0.3) is 0 Å². The molecule has 102 valence electrons. The van der Waals surface area contributed by atoms with Gasteiger partial charge in [-0.25, -0.2) is 0 Å². The van der Waals surface area contributed by atoms with Crippen LogP contribution in [-0.2, 0) is 15.7 Å². The molecule has 1 aliphatic rings. The Balaban J connectivity index is 2.47. The largest absolute Gasteiger partial charge is 0.497 e. The molecule has 2 rings (SSSR count). The summed E-state index contributed by atoms with van der Waals surface area (Å²) in [7, 11) is -0.533. The number of aldehydes is 1. The molecule has 1 aromatic heterocycles. The molecule has 0 spiro atoms. The maximum atomic E-state index is 11.2. The second kappa shape index (κ2) is 4.73. The molecule has 0 bridgehead atoms. The number of hydrogen-bond acceptors (Lipinski definition) is 4. The average Bonchev–Trinajstić information content (AvgIpc) is 2.57. The number of nitrogens with zero attached hydrogens (tertiary/aromatic N) is 1. The molecule has 1 aliphatic heterocycles. The fourth-order valence-corrected chi connectivity index (χ4v) is 2.17. The molecule has 0 atom stereocenters. The van der Waals surface area contributed by atoms with E-state index >= 15 is 0 Å². The minimum atomic E-state index is -0.533. The first-order valence-electron chi connectivity index (χ1n) is 6.61. The van der Waals surface area contributed by atoms with E-state index in [9.17, 15) is 4.79 Å². The summed E-state index contributed by atoms with van der Waals surface area (Å²) in [5.41, 5.74) is 1.37. The second-order valence-corrected chi connectivity index (χ2v) is 5.83. The Morgan fingerprint density at radius 3 is 2.32 bits per heavy atom. The third-order valence-electron chi connectivity index (χ3n) is 4.09. The summed E-state index contributed by atoms with van der Waals surface area (Å²) < 4.78 is 12.0. The van der Waals surface area contributed by atoms with Gasteiger partial charge in [0.05, 0.1) is 11.2 Å². The molecule has 1 aromatic rings. The zero-order valence-electron chi connectivity index (χ0n) is 12.2. The molecule has 2 heterocycles. The van der Waals surface area contributed by atoms with Crippen LogP contribution in [0.25, 0.3) is 0 Å². The number of aromatic nitrogens is 1. The van der Waals surface area contributed by atoms with Gasteiger partial charge in [-0.15, -0.1) is 0 Å². The van der Waals surface area contributed by atoms with E-state index in [1.54, 1.807) is 6.20 Å². The highest BCUT2D eigenvalue weighted by Crippen LogP contribution is 2.36. The molecule has 4 nitrogen and oxygen atoms in total. The van der Waals surface area contributed by atoms with Gasteiger partial charge in [0.1, 0.15) is 5.69 Å². The zero-order chi connectivity index (χ0) is 14.3. The predicted octanol–water partition coefficient (Wildman–Crippen LogP) is 1.76. The smallest absolute Gasteiger partial charge is 0.399 e. The van der Waals surface area contributed by atoms with Gasteiger partial charge in [0.2, 0.25) is 0 Å². The Morgan fingerprint density at radius 2 is 1.84 bits per heavy atom. The van der Waals surface area contributed by atoms with Gasteiger partial charge in [-0.3, -0.25) is 9.78 Å². The van der Waals surface area contributed by atoms with Gasteiger partial charge >= 0.3 is 7.12 Å². The van der Waals surface area contributed by atoms with E-state index < -0.39 is 18.3 Å². The van der Waals surface area contributed by atoms with Crippen molar-refractivity contribution in [3.8, 4) is 0 Å². The molecule has 0 aromatic carbocycles. The summed E-state index contributed by atoms with van der Waals surface area (Å²) in [6, 6.07) is 1.91. The minimum absolute atomic E-state index is 0.401. The van der Waals surface area contributed by atoms with Crippen LogP contribution in [0.5, 0.6) is 0 Å². The molecule has 19 heavy (non-hydrogen) atoms. The normalized spacial score (nSPS) is 20.6. The lowest BCUT2D eigenvalue weighted by Gasteiger charge is -2.32. The van der Waals surface area contributed by atoms with E-state index in [1.807, 2.05) is 40.7 Å². The predicted molar refractivity (Wildman–Crippen MR) is 74.7 cm³/mol. The van der Waals surface area contributed by atoms with Crippen LogP contribution in [0.4, 0.5) is 0 Å². The zero-order valence-corrected chi connectivity index (χ0v) is 12.2. The molecule has 1 saturated heterocycles. The van der Waals surface area contributed by atoms with Crippen molar-refractivity contribution >= 4 is 18.9 Å². The number of carbonyl (C=O) groups is 1. The fourth-order valence-electron chi connectivity index (χ4n) is 2.17. The summed E-state index contributed by atoms with van der Waals surface area (Å²) >= 11 is 0. The monoisotopic (exact) mass is 261 g/mol. The summed E-state index contributed by atoms with van der Waals surface area (Å²) in [4.78, 5) is 15.3. The Bertz CT molecular complexity index is 483. The van der Waals surface area contributed by atoms with Crippen LogP contribution in [0.2, 0.25) is 0 Å². The quantitative estimate of drug-likeness (QED) is 0.614. The standard InChI is InChI=1S/C14H20BNO3/c1-6-10-7-8-16-11(9-17)12(10)15-18-13(2,3)14(4,5)19-15/h7-9H,6H2,1-5H3. The first-order valence-corrected chi connectivity index (χ1v) is 6.61. The first kappa shape index (κ1) is 14.2. The van der Waals surface area contributed by atoms with Crippen molar-refractivity contribution in [1.82, 2.24) is 4.98 Å². The van der Waals surface area contributed by atoms with Gasteiger partial charge < -0.3 is 9.31 Å². The summed E-state index contributed by atoms with van der Waals surface area (Å²) in [6.45, 7) is 10.0. The van der Waals surface area contributed by atoms with E-state index in [0.29, 0.717) is 5.69 Å². The topological polar surface area (TPSA) is 48.4 Å². The molecule has 0 aliphatic carbocycles. The SMILES string of the molecule is CCc1ccnc(C=O)c1B1OC(C)(C)C(C)(C)O1. The van der Waals surface area contributed by atoms with Gasteiger partial charge in [0, 0.05) is 11.7 Å². The fraction of sp³-hybridized carbons (Fsp3) is 0.571. The molecular formula is C14H20BNO3. The van der Waals surface area contributed by atoms with Gasteiger partial charge in [-0.05, 0) is 45.7 Å². The molecule has 0 saturated carbocycles. The van der Waals surface area contributed by atoms with Crippen LogP contribution < -0.4 is 5.46 Å². The van der Waals surface area contributed by atoms with Crippen molar-refractivity contribution in [2.75, 3.05) is 0 Å². The molecular weight excluding hydrogens is 241 g/mol. The van der Waals surface area contributed by atoms with Crippen LogP contribution in [0.3, 0.4) is 0 Å². The maximum Gasteiger partial charge on any atom is 0.497 e. The highest BCUT2D eigenvalue weighted by atomic mass is 16.7. The van der Waals surface area contributed by atoms with E-state index in [1.165, 1.54) is 0 Å². The van der Waals surface area contributed by atoms with Crippen LogP contribution in [0, 0.1) is 0 Å². The molecule has 0 unspecified atom stereocenters. The number of rotatable bonds is 3. The van der Waals surface area contributed by atoms with E-state index in [-0.39, 0.29) is 0 Å². The lowest BCUT2D eigenvalue weighted by atomic mass is 9.74. The van der Waals surface area contributed by atoms with Crippen molar-refractivity contribution in [3.63, 3.8) is 0 Å². The Kier molecular flexibility index (Phi) is 3.54. The van der Waals surface area contributed by atoms with E-state index in [2.05, 4.69) is 4.98 Å². The first-order chi connectivity index (χ1) is 8.82. The maximum absolute atomic E-state index is 11.2. The summed E-state index contributed by atoms with van der Waals surface area (Å²) in [6.07, 6.45) is 3.22. The van der Waals surface area contributed by atoms with Crippen molar-refractivity contribution in [3.05, 3.63) is 23.5 Å².